The van der Waals surface area contributed by atoms with Crippen LogP contribution in [0.3, 0.4) is 0 Å². The highest BCUT2D eigenvalue weighted by Crippen LogP contribution is 2.28. The molecular weight excluding hydrogens is 405 g/mol. The Morgan fingerprint density at radius 1 is 1.20 bits per heavy atom. The minimum Gasteiger partial charge on any atom is -0.475 e. The number of alkyl halides is 3. The first-order chi connectivity index (χ1) is 14.3. The smallest absolute Gasteiger partial charge is 0.433 e. The number of anilines is 1. The number of methoxy groups -OCH3 is 1. The van der Waals surface area contributed by atoms with Gasteiger partial charge in [-0.15, -0.1) is 0 Å². The average Bonchev–Trinajstić information content (AvgIpc) is 3.13. The zero-order chi connectivity index (χ0) is 21.7. The third-order valence-corrected chi connectivity index (χ3v) is 3.83. The van der Waals surface area contributed by atoms with E-state index in [-0.39, 0.29) is 29.7 Å². The first-order valence-corrected chi connectivity index (χ1v) is 8.60. The molecule has 0 aliphatic carbocycles. The summed E-state index contributed by atoms with van der Waals surface area (Å²) in [6.07, 6.45) is -0.581. The van der Waals surface area contributed by atoms with Crippen LogP contribution in [0.25, 0.3) is 11.5 Å². The van der Waals surface area contributed by atoms with Gasteiger partial charge in [0.25, 0.3) is 5.91 Å². The Bertz CT molecular complexity index is 1020. The number of halogens is 3. The summed E-state index contributed by atoms with van der Waals surface area (Å²) in [5.74, 6) is -0.339. The number of aryl methyl sites for hydroxylation is 1. The highest BCUT2D eigenvalue weighted by Gasteiger charge is 2.32. The normalized spacial score (nSPS) is 11.4. The second-order valence-corrected chi connectivity index (χ2v) is 6.03. The lowest BCUT2D eigenvalue weighted by atomic mass is 10.3. The largest absolute Gasteiger partial charge is 0.475 e. The van der Waals surface area contributed by atoms with Crippen LogP contribution in [0.1, 0.15) is 16.2 Å². The molecule has 3 rings (SSSR count). The van der Waals surface area contributed by atoms with E-state index < -0.39 is 17.8 Å². The SMILES string of the molecule is COCCOc1cc(C(=O)Nc2ccc(C(F)(F)F)nc2)nc(-c2cncn2C)n1. The number of hydrogen-bond acceptors (Lipinski definition) is 7. The maximum absolute atomic E-state index is 12.6. The van der Waals surface area contributed by atoms with Crippen molar-refractivity contribution in [3.8, 4) is 17.4 Å². The van der Waals surface area contributed by atoms with E-state index >= 15 is 0 Å². The summed E-state index contributed by atoms with van der Waals surface area (Å²) >= 11 is 0. The molecule has 3 aromatic rings. The first kappa shape index (κ1) is 21.2. The summed E-state index contributed by atoms with van der Waals surface area (Å²) in [5, 5.41) is 2.46. The summed E-state index contributed by atoms with van der Waals surface area (Å²) in [5.41, 5.74) is -0.489. The molecule has 0 atom stereocenters. The topological polar surface area (TPSA) is 104 Å². The van der Waals surface area contributed by atoms with E-state index in [1.54, 1.807) is 17.9 Å². The Hall–Kier alpha value is -3.54. The second kappa shape index (κ2) is 8.86. The number of nitrogens with one attached hydrogen (secondary N) is 1. The Morgan fingerprint density at radius 3 is 2.60 bits per heavy atom. The van der Waals surface area contributed by atoms with Crippen molar-refractivity contribution in [2.24, 2.45) is 7.05 Å². The molecule has 0 bridgehead atoms. The van der Waals surface area contributed by atoms with Gasteiger partial charge in [-0.3, -0.25) is 4.79 Å². The monoisotopic (exact) mass is 422 g/mol. The molecule has 0 aliphatic heterocycles. The van der Waals surface area contributed by atoms with Crippen molar-refractivity contribution in [1.29, 1.82) is 0 Å². The molecule has 1 amide bonds. The van der Waals surface area contributed by atoms with E-state index in [0.717, 1.165) is 18.3 Å². The standard InChI is InChI=1S/C18H17F3N6O3/c1-27-10-22-9-13(27)16-25-12(7-15(26-16)30-6-5-29-2)17(28)24-11-3-4-14(23-8-11)18(19,20)21/h3-4,7-10H,5-6H2,1-2H3,(H,24,28). The predicted octanol–water partition coefficient (Wildman–Crippen LogP) is 2.57. The van der Waals surface area contributed by atoms with Gasteiger partial charge < -0.3 is 19.4 Å². The number of pyridine rings is 1. The van der Waals surface area contributed by atoms with E-state index in [1.165, 1.54) is 19.4 Å². The molecule has 0 unspecified atom stereocenters. The number of ether oxygens (including phenoxy) is 2. The highest BCUT2D eigenvalue weighted by molar-refractivity contribution is 6.03. The van der Waals surface area contributed by atoms with Crippen molar-refractivity contribution in [3.63, 3.8) is 0 Å². The quantitative estimate of drug-likeness (QED) is 0.584. The minimum absolute atomic E-state index is 0.0477. The van der Waals surface area contributed by atoms with Crippen LogP contribution in [0.5, 0.6) is 5.88 Å². The van der Waals surface area contributed by atoms with E-state index in [1.807, 2.05) is 0 Å². The summed E-state index contributed by atoms with van der Waals surface area (Å²) in [6, 6.07) is 3.20. The van der Waals surface area contributed by atoms with Crippen molar-refractivity contribution in [1.82, 2.24) is 24.5 Å². The molecule has 0 saturated carbocycles. The molecule has 9 nitrogen and oxygen atoms in total. The maximum Gasteiger partial charge on any atom is 0.433 e. The average molecular weight is 422 g/mol. The maximum atomic E-state index is 12.6. The van der Waals surface area contributed by atoms with Crippen LogP contribution < -0.4 is 10.1 Å². The molecule has 0 aromatic carbocycles. The zero-order valence-corrected chi connectivity index (χ0v) is 16.0. The Labute approximate surface area is 168 Å². The Kier molecular flexibility index (Phi) is 6.26. The molecule has 0 radical (unpaired) electrons. The second-order valence-electron chi connectivity index (χ2n) is 6.03. The van der Waals surface area contributed by atoms with Gasteiger partial charge in [0, 0.05) is 20.2 Å². The van der Waals surface area contributed by atoms with Crippen LogP contribution >= 0.6 is 0 Å². The molecule has 12 heteroatoms. The molecule has 3 heterocycles. The summed E-state index contributed by atoms with van der Waals surface area (Å²) in [6.45, 7) is 0.506. The van der Waals surface area contributed by atoms with Crippen molar-refractivity contribution in [2.45, 2.75) is 6.18 Å². The fourth-order valence-electron chi connectivity index (χ4n) is 2.36. The van der Waals surface area contributed by atoms with Crippen LogP contribution in [-0.2, 0) is 18.0 Å². The lowest BCUT2D eigenvalue weighted by Crippen LogP contribution is -2.16. The summed E-state index contributed by atoms with van der Waals surface area (Å²) < 4.78 is 50.0. The van der Waals surface area contributed by atoms with Crippen LogP contribution in [0.15, 0.2) is 36.9 Å². The van der Waals surface area contributed by atoms with E-state index in [0.29, 0.717) is 12.3 Å². The Morgan fingerprint density at radius 2 is 2.00 bits per heavy atom. The summed E-state index contributed by atoms with van der Waals surface area (Å²) in [4.78, 5) is 28.4. The van der Waals surface area contributed by atoms with Crippen molar-refractivity contribution >= 4 is 11.6 Å². The van der Waals surface area contributed by atoms with Gasteiger partial charge in [-0.1, -0.05) is 0 Å². The fraction of sp³-hybridized carbons (Fsp3) is 0.278. The number of carbonyl (C=O) groups excluding carboxylic acids is 1. The Balaban J connectivity index is 1.86. The van der Waals surface area contributed by atoms with Crippen molar-refractivity contribution < 1.29 is 27.4 Å². The van der Waals surface area contributed by atoms with E-state index in [4.69, 9.17) is 9.47 Å². The van der Waals surface area contributed by atoms with Gasteiger partial charge in [-0.05, 0) is 12.1 Å². The number of carbonyl (C=O) groups is 1. The van der Waals surface area contributed by atoms with Gasteiger partial charge in [-0.2, -0.15) is 18.2 Å². The summed E-state index contributed by atoms with van der Waals surface area (Å²) in [7, 11) is 3.25. The number of hydrogen-bond donors (Lipinski definition) is 1. The van der Waals surface area contributed by atoms with Crippen molar-refractivity contribution in [3.05, 3.63) is 48.3 Å². The number of aromatic nitrogens is 5. The number of nitrogens with zero attached hydrogens (tertiary/aromatic N) is 5. The fourth-order valence-corrected chi connectivity index (χ4v) is 2.36. The lowest BCUT2D eigenvalue weighted by molar-refractivity contribution is -0.141. The predicted molar refractivity (Wildman–Crippen MR) is 98.8 cm³/mol. The third kappa shape index (κ3) is 5.08. The minimum atomic E-state index is -4.57. The molecule has 0 fully saturated rings. The van der Waals surface area contributed by atoms with Gasteiger partial charge in [0.05, 0.1) is 31.0 Å². The van der Waals surface area contributed by atoms with Crippen molar-refractivity contribution in [2.75, 3.05) is 25.6 Å². The number of amides is 1. The molecular formula is C18H17F3N6O3. The van der Waals surface area contributed by atoms with Gasteiger partial charge in [0.1, 0.15) is 23.7 Å². The first-order valence-electron chi connectivity index (χ1n) is 8.60. The number of imidazole rings is 1. The lowest BCUT2D eigenvalue weighted by Gasteiger charge is -2.11. The van der Waals surface area contributed by atoms with Gasteiger partial charge >= 0.3 is 6.18 Å². The molecule has 0 aliphatic rings. The van der Waals surface area contributed by atoms with Crippen LogP contribution in [0.2, 0.25) is 0 Å². The van der Waals surface area contributed by atoms with Crippen LogP contribution in [0.4, 0.5) is 18.9 Å². The molecule has 158 valence electrons. The van der Waals surface area contributed by atoms with Gasteiger partial charge in [-0.25, -0.2) is 15.0 Å². The third-order valence-electron chi connectivity index (χ3n) is 3.83. The molecule has 0 spiro atoms. The molecule has 0 saturated heterocycles. The highest BCUT2D eigenvalue weighted by atomic mass is 19.4. The molecule has 30 heavy (non-hydrogen) atoms. The zero-order valence-electron chi connectivity index (χ0n) is 16.0. The van der Waals surface area contributed by atoms with Gasteiger partial charge in [0.2, 0.25) is 5.88 Å². The molecule has 3 aromatic heterocycles. The molecule has 1 N–H and O–H groups in total. The van der Waals surface area contributed by atoms with Crippen LogP contribution in [-0.4, -0.2) is 50.7 Å². The van der Waals surface area contributed by atoms with Gasteiger partial charge in [0.15, 0.2) is 5.82 Å². The number of rotatable bonds is 7. The van der Waals surface area contributed by atoms with E-state index in [2.05, 4.69) is 25.3 Å². The van der Waals surface area contributed by atoms with Crippen LogP contribution in [0, 0.1) is 0 Å². The van der Waals surface area contributed by atoms with E-state index in [9.17, 15) is 18.0 Å².